The van der Waals surface area contributed by atoms with E-state index in [1.54, 1.807) is 48.5 Å². The summed E-state index contributed by atoms with van der Waals surface area (Å²) in [4.78, 5) is 25.0. The van der Waals surface area contributed by atoms with Crippen LogP contribution in [0.2, 0.25) is 0 Å². The molecule has 0 fully saturated rings. The van der Waals surface area contributed by atoms with Crippen LogP contribution in [0.3, 0.4) is 0 Å². The van der Waals surface area contributed by atoms with Crippen molar-refractivity contribution in [1.29, 1.82) is 0 Å². The lowest BCUT2D eigenvalue weighted by molar-refractivity contribution is -0.148. The molecule has 0 bridgehead atoms. The number of hydrogen-bond acceptors (Lipinski definition) is 5. The highest BCUT2D eigenvalue weighted by atomic mass is 16.5. The summed E-state index contributed by atoms with van der Waals surface area (Å²) in [6, 6.07) is 12.5. The summed E-state index contributed by atoms with van der Waals surface area (Å²) < 4.78 is 15.4. The van der Waals surface area contributed by atoms with Crippen molar-refractivity contribution in [3.05, 3.63) is 59.7 Å². The average Bonchev–Trinajstić information content (AvgIpc) is 2.80. The fraction of sp³-hybridized carbons (Fsp3) is 0.417. The molecule has 2 rings (SSSR count). The van der Waals surface area contributed by atoms with E-state index >= 15 is 0 Å². The third-order valence-electron chi connectivity index (χ3n) is 4.82. The van der Waals surface area contributed by atoms with Gasteiger partial charge in [0.05, 0.1) is 6.61 Å². The molecule has 0 radical (unpaired) electrons. The van der Waals surface area contributed by atoms with E-state index in [1.807, 2.05) is 0 Å². The van der Waals surface area contributed by atoms with Crippen LogP contribution in [-0.4, -0.2) is 34.7 Å². The topological polar surface area (TPSA) is 95.9 Å². The van der Waals surface area contributed by atoms with E-state index in [9.17, 15) is 19.8 Å². The molecule has 1 unspecified atom stereocenters. The van der Waals surface area contributed by atoms with Crippen molar-refractivity contribution in [3.8, 4) is 11.5 Å². The number of aryl methyl sites for hydroxylation is 1. The number of nitrogens with one attached hydrogen (secondary N) is 1. The van der Waals surface area contributed by atoms with Crippen LogP contribution in [0.5, 0.6) is 11.5 Å². The highest BCUT2D eigenvalue weighted by molar-refractivity contribution is 5.84. The molecular formula is C24H35NO5. The minimum absolute atomic E-state index is 0. The highest BCUT2D eigenvalue weighted by Crippen LogP contribution is 2.13. The minimum atomic E-state index is -0.784. The Morgan fingerprint density at radius 2 is 1.63 bits per heavy atom. The molecule has 0 aliphatic heterocycles. The van der Waals surface area contributed by atoms with Gasteiger partial charge >= 0.3 is 5.97 Å². The van der Waals surface area contributed by atoms with E-state index in [0.29, 0.717) is 19.4 Å². The number of benzene rings is 2. The zero-order chi connectivity index (χ0) is 23.8. The summed E-state index contributed by atoms with van der Waals surface area (Å²) in [6.45, 7) is 2.46. The Hall–Kier alpha value is -3.02. The quantitative estimate of drug-likeness (QED) is 0.350. The fourth-order valence-electron chi connectivity index (χ4n) is 3.05. The van der Waals surface area contributed by atoms with Crippen molar-refractivity contribution in [2.75, 3.05) is 6.61 Å². The molecule has 0 saturated carbocycles. The first-order chi connectivity index (χ1) is 15.5. The molecule has 2 aromatic rings. The van der Waals surface area contributed by atoms with Crippen LogP contribution in [0.4, 0.5) is 0 Å². The molecule has 3 N–H and O–H groups in total. The van der Waals surface area contributed by atoms with E-state index < -0.39 is 12.0 Å². The third-order valence-corrected chi connectivity index (χ3v) is 4.82. The first-order valence-electron chi connectivity index (χ1n) is 11.5. The van der Waals surface area contributed by atoms with E-state index in [1.165, 1.54) is 0 Å². The van der Waals surface area contributed by atoms with Crippen LogP contribution in [0.25, 0.3) is 0 Å². The second-order valence-electron chi connectivity index (χ2n) is 7.39. The van der Waals surface area contributed by atoms with Crippen molar-refractivity contribution < 1.29 is 28.9 Å². The van der Waals surface area contributed by atoms with E-state index in [4.69, 9.17) is 7.71 Å². The Balaban J connectivity index is 0.00000332. The van der Waals surface area contributed by atoms with Gasteiger partial charge in [-0.3, -0.25) is 4.79 Å². The molecule has 166 valence electrons. The van der Waals surface area contributed by atoms with Gasteiger partial charge < -0.3 is 20.3 Å². The van der Waals surface area contributed by atoms with Gasteiger partial charge in [0.1, 0.15) is 17.5 Å². The van der Waals surface area contributed by atoms with Gasteiger partial charge in [-0.05, 0) is 48.2 Å². The van der Waals surface area contributed by atoms with Gasteiger partial charge in [0.15, 0.2) is 0 Å². The van der Waals surface area contributed by atoms with E-state index in [2.05, 4.69) is 12.2 Å². The predicted molar refractivity (Wildman–Crippen MR) is 119 cm³/mol. The van der Waals surface area contributed by atoms with Gasteiger partial charge in [0.2, 0.25) is 5.91 Å². The van der Waals surface area contributed by atoms with E-state index in [0.717, 1.165) is 36.8 Å². The molecule has 0 saturated heterocycles. The number of hydrogen-bond donors (Lipinski definition) is 3. The summed E-state index contributed by atoms with van der Waals surface area (Å²) in [5.74, 6) is -0.363. The molecule has 1 atom stereocenters. The van der Waals surface area contributed by atoms with Crippen molar-refractivity contribution in [1.82, 2.24) is 5.32 Å². The number of carbonyl (C=O) groups is 2. The molecule has 6 heteroatoms. The Morgan fingerprint density at radius 3 is 2.23 bits per heavy atom. The standard InChI is InChI=1S/C24H31NO5.2H2/c1-2-3-4-5-16-30-24(29)22(17-19-8-13-21(27)14-9-19)25-23(28)15-10-18-6-11-20(26)12-7-18;;/h6-9,11-14,22,26-27H,2-5,10,15-17H2,1H3,(H,25,28);2*1H/i;1+2D;. The second-order valence-corrected chi connectivity index (χ2v) is 7.39. The fourth-order valence-corrected chi connectivity index (χ4v) is 3.05. The Kier molecular flexibility index (Phi) is 9.05. The summed E-state index contributed by atoms with van der Waals surface area (Å²) in [6.07, 6.45) is 5.03. The van der Waals surface area contributed by atoms with Crippen LogP contribution in [0.15, 0.2) is 48.5 Å². The molecule has 1 amide bonds. The molecular weight excluding hydrogens is 382 g/mol. The Labute approximate surface area is 182 Å². The second kappa shape index (κ2) is 12.5. The van der Waals surface area contributed by atoms with Crippen LogP contribution in [0.1, 0.15) is 54.6 Å². The number of esters is 1. The number of aromatic hydroxyl groups is 2. The first kappa shape index (κ1) is 21.7. The Bertz CT molecular complexity index is 801. The summed E-state index contributed by atoms with van der Waals surface area (Å²) in [5.41, 5.74) is 1.75. The molecule has 0 aliphatic carbocycles. The van der Waals surface area contributed by atoms with Crippen molar-refractivity contribution in [2.24, 2.45) is 0 Å². The summed E-state index contributed by atoms with van der Waals surface area (Å²) in [5, 5.41) is 21.6. The van der Waals surface area contributed by atoms with Crippen LogP contribution in [-0.2, 0) is 27.2 Å². The molecule has 0 heterocycles. The normalized spacial score (nSPS) is 11.9. The van der Waals surface area contributed by atoms with Crippen molar-refractivity contribution in [3.63, 3.8) is 0 Å². The summed E-state index contributed by atoms with van der Waals surface area (Å²) in [7, 11) is 0. The van der Waals surface area contributed by atoms with Crippen LogP contribution < -0.4 is 5.32 Å². The van der Waals surface area contributed by atoms with Crippen LogP contribution in [0, 0.1) is 0 Å². The van der Waals surface area contributed by atoms with Gasteiger partial charge in [-0.2, -0.15) is 0 Å². The number of carbonyl (C=O) groups excluding carboxylic acids is 2. The zero-order valence-electron chi connectivity index (χ0n) is 19.5. The monoisotopic (exact) mass is 420 g/mol. The summed E-state index contributed by atoms with van der Waals surface area (Å²) >= 11 is 0. The van der Waals surface area contributed by atoms with Crippen molar-refractivity contribution >= 4 is 11.9 Å². The lowest BCUT2D eigenvalue weighted by Gasteiger charge is -2.18. The lowest BCUT2D eigenvalue weighted by atomic mass is 10.0. The molecule has 6 nitrogen and oxygen atoms in total. The smallest absolute Gasteiger partial charge is 0.328 e. The predicted octanol–water partition coefficient (Wildman–Crippen LogP) is 4.37. The number of amides is 1. The van der Waals surface area contributed by atoms with Gasteiger partial charge in [-0.1, -0.05) is 50.5 Å². The average molecular weight is 421 g/mol. The maximum Gasteiger partial charge on any atom is 0.328 e. The van der Waals surface area contributed by atoms with Gasteiger partial charge in [-0.15, -0.1) is 0 Å². The number of rotatable bonds is 12. The third kappa shape index (κ3) is 8.55. The molecule has 0 aromatic heterocycles. The maximum atomic E-state index is 12.6. The first-order valence-corrected chi connectivity index (χ1v) is 10.5. The zero-order valence-corrected chi connectivity index (χ0v) is 17.5. The number of phenolic OH excluding ortho intramolecular Hbond substituents is 2. The SMILES string of the molecule is CCCCCCOC(=O)C(Cc1ccc(O)cc1)NC(=O)CCc1ccc(O)cc1.[2H][3H].[HH]. The van der Waals surface area contributed by atoms with Gasteiger partial charge in [0.25, 0.3) is 0 Å². The molecule has 0 spiro atoms. The molecule has 0 aliphatic rings. The Morgan fingerprint density at radius 1 is 1.03 bits per heavy atom. The van der Waals surface area contributed by atoms with Gasteiger partial charge in [-0.25, -0.2) is 4.79 Å². The number of ether oxygens (including phenoxy) is 1. The highest BCUT2D eigenvalue weighted by Gasteiger charge is 2.22. The minimum Gasteiger partial charge on any atom is -0.508 e. The number of phenols is 2. The largest absolute Gasteiger partial charge is 0.508 e. The molecule has 2 aromatic carbocycles. The maximum absolute atomic E-state index is 12.6. The van der Waals surface area contributed by atoms with Gasteiger partial charge in [0, 0.05) is 17.2 Å². The number of unbranched alkanes of at least 4 members (excludes halogenated alkanes) is 3. The van der Waals surface area contributed by atoms with Crippen LogP contribution >= 0.6 is 0 Å². The molecule has 30 heavy (non-hydrogen) atoms. The lowest BCUT2D eigenvalue weighted by Crippen LogP contribution is -2.43. The van der Waals surface area contributed by atoms with E-state index in [-0.39, 0.29) is 25.3 Å². The van der Waals surface area contributed by atoms with Crippen molar-refractivity contribution in [2.45, 2.75) is 57.9 Å².